The van der Waals surface area contributed by atoms with Crippen molar-refractivity contribution in [1.29, 1.82) is 0 Å². The van der Waals surface area contributed by atoms with Crippen molar-refractivity contribution in [3.63, 3.8) is 0 Å². The first kappa shape index (κ1) is 14.3. The minimum Gasteiger partial charge on any atom is -0.454 e. The molecule has 2 heterocycles. The Balaban J connectivity index is 1.68. The second-order valence-corrected chi connectivity index (χ2v) is 6.69. The molecule has 4 rings (SSSR count). The van der Waals surface area contributed by atoms with Gasteiger partial charge >= 0.3 is 0 Å². The van der Waals surface area contributed by atoms with Crippen molar-refractivity contribution in [3.05, 3.63) is 64.5 Å². The minimum absolute atomic E-state index is 0.0961. The highest BCUT2D eigenvalue weighted by molar-refractivity contribution is 7.21. The highest BCUT2D eigenvalue weighted by atomic mass is 35.5. The van der Waals surface area contributed by atoms with E-state index in [1.54, 1.807) is 12.1 Å². The summed E-state index contributed by atoms with van der Waals surface area (Å²) in [5, 5.41) is 1.66. The van der Waals surface area contributed by atoms with Crippen molar-refractivity contribution >= 4 is 44.4 Å². The molecule has 0 saturated heterocycles. The zero-order valence-electron chi connectivity index (χ0n) is 12.0. The average Bonchev–Trinajstić information content (AvgIpc) is 3.18. The van der Waals surface area contributed by atoms with Crippen LogP contribution in [0.15, 0.2) is 49.0 Å². The van der Waals surface area contributed by atoms with Gasteiger partial charge in [0.25, 0.3) is 0 Å². The molecule has 0 saturated carbocycles. The van der Waals surface area contributed by atoms with Crippen LogP contribution < -0.4 is 9.47 Å². The van der Waals surface area contributed by atoms with E-state index in [-0.39, 0.29) is 12.6 Å². The van der Waals surface area contributed by atoms with Gasteiger partial charge in [-0.05, 0) is 41.3 Å². The van der Waals surface area contributed by atoms with Gasteiger partial charge in [0.1, 0.15) is 0 Å². The summed E-state index contributed by atoms with van der Waals surface area (Å²) in [4.78, 5) is 13.3. The highest BCUT2D eigenvalue weighted by Gasteiger charge is 2.19. The van der Waals surface area contributed by atoms with Crippen LogP contribution in [-0.4, -0.2) is 12.6 Å². The van der Waals surface area contributed by atoms with E-state index in [9.17, 15) is 4.79 Å². The van der Waals surface area contributed by atoms with Crippen molar-refractivity contribution in [2.24, 2.45) is 0 Å². The van der Waals surface area contributed by atoms with E-state index in [2.05, 4.69) is 6.58 Å². The molecule has 1 aliphatic heterocycles. The van der Waals surface area contributed by atoms with Crippen molar-refractivity contribution < 1.29 is 14.3 Å². The fraction of sp³-hybridized carbons (Fsp3) is 0.0556. The Kier molecular flexibility index (Phi) is 3.36. The summed E-state index contributed by atoms with van der Waals surface area (Å²) in [6.45, 7) is 4.15. The predicted molar refractivity (Wildman–Crippen MR) is 92.8 cm³/mol. The number of Topliss-reactive ketones (excluding diaryl/α,β-unsaturated/α-hetero) is 1. The molecular formula is C18H11ClO3S. The Morgan fingerprint density at radius 1 is 1.09 bits per heavy atom. The van der Waals surface area contributed by atoms with E-state index in [1.165, 1.54) is 11.3 Å². The van der Waals surface area contributed by atoms with Crippen LogP contribution in [0.25, 0.3) is 15.7 Å². The molecule has 3 aromatic rings. The van der Waals surface area contributed by atoms with Gasteiger partial charge in [-0.25, -0.2) is 0 Å². The van der Waals surface area contributed by atoms with Crippen LogP contribution in [0.4, 0.5) is 0 Å². The van der Waals surface area contributed by atoms with E-state index < -0.39 is 0 Å². The first-order valence-electron chi connectivity index (χ1n) is 6.94. The molecule has 0 radical (unpaired) electrons. The summed E-state index contributed by atoms with van der Waals surface area (Å²) in [7, 11) is 0. The number of thiophene rings is 1. The summed E-state index contributed by atoms with van der Waals surface area (Å²) >= 11 is 7.42. The van der Waals surface area contributed by atoms with Crippen LogP contribution in [0.2, 0.25) is 5.02 Å². The molecule has 0 amide bonds. The molecule has 0 N–H and O–H groups in total. The normalized spacial score (nSPS) is 12.6. The SMILES string of the molecule is C=C(C(=O)c1cc2ccc(Cl)cc2s1)c1ccc2c(c1)OCO2. The number of benzene rings is 2. The van der Waals surface area contributed by atoms with Crippen molar-refractivity contribution in [2.75, 3.05) is 6.79 Å². The Hall–Kier alpha value is -2.30. The fourth-order valence-electron chi connectivity index (χ4n) is 2.48. The van der Waals surface area contributed by atoms with E-state index >= 15 is 0 Å². The fourth-order valence-corrected chi connectivity index (χ4v) is 3.79. The lowest BCUT2D eigenvalue weighted by atomic mass is 10.0. The number of halogens is 1. The highest BCUT2D eigenvalue weighted by Crippen LogP contribution is 2.36. The number of carbonyl (C=O) groups is 1. The van der Waals surface area contributed by atoms with Gasteiger partial charge in [0.2, 0.25) is 12.6 Å². The molecule has 0 fully saturated rings. The zero-order chi connectivity index (χ0) is 16.0. The second kappa shape index (κ2) is 5.41. The molecule has 2 aromatic carbocycles. The number of carbonyl (C=O) groups excluding carboxylic acids is 1. The van der Waals surface area contributed by atoms with E-state index in [0.29, 0.717) is 27.0 Å². The molecule has 0 unspecified atom stereocenters. The standard InChI is InChI=1S/C18H11ClO3S/c1-10(11-3-5-14-15(6-11)22-9-21-14)18(20)17-7-12-2-4-13(19)8-16(12)23-17/h2-8H,1,9H2. The van der Waals surface area contributed by atoms with Crippen LogP contribution in [0, 0.1) is 0 Å². The second-order valence-electron chi connectivity index (χ2n) is 5.17. The number of rotatable bonds is 3. The third-order valence-electron chi connectivity index (χ3n) is 3.70. The maximum atomic E-state index is 12.7. The Bertz CT molecular complexity index is 958. The van der Waals surface area contributed by atoms with Gasteiger partial charge in [-0.15, -0.1) is 11.3 Å². The van der Waals surface area contributed by atoms with Crippen LogP contribution in [0.1, 0.15) is 15.2 Å². The van der Waals surface area contributed by atoms with Gasteiger partial charge < -0.3 is 9.47 Å². The lowest BCUT2D eigenvalue weighted by Gasteiger charge is -2.04. The van der Waals surface area contributed by atoms with Crippen LogP contribution >= 0.6 is 22.9 Å². The van der Waals surface area contributed by atoms with Gasteiger partial charge in [-0.3, -0.25) is 4.79 Å². The maximum Gasteiger partial charge on any atom is 0.231 e. The Morgan fingerprint density at radius 3 is 2.78 bits per heavy atom. The zero-order valence-corrected chi connectivity index (χ0v) is 13.5. The number of hydrogen-bond acceptors (Lipinski definition) is 4. The number of hydrogen-bond donors (Lipinski definition) is 0. The monoisotopic (exact) mass is 342 g/mol. The Labute approximate surface area is 141 Å². The number of ether oxygens (including phenoxy) is 2. The van der Waals surface area contributed by atoms with Crippen LogP contribution in [0.3, 0.4) is 0 Å². The van der Waals surface area contributed by atoms with E-state index in [0.717, 1.165) is 15.6 Å². The van der Waals surface area contributed by atoms with Gasteiger partial charge in [-0.1, -0.05) is 30.3 Å². The minimum atomic E-state index is -0.0961. The summed E-state index contributed by atoms with van der Waals surface area (Å²) < 4.78 is 11.6. The lowest BCUT2D eigenvalue weighted by molar-refractivity contribution is 0.106. The predicted octanol–water partition coefficient (Wildman–Crippen LogP) is 5.18. The number of ketones is 1. The molecule has 3 nitrogen and oxygen atoms in total. The smallest absolute Gasteiger partial charge is 0.231 e. The molecular weight excluding hydrogens is 332 g/mol. The third kappa shape index (κ3) is 2.50. The quantitative estimate of drug-likeness (QED) is 0.486. The van der Waals surface area contributed by atoms with Gasteiger partial charge in [0.05, 0.1) is 4.88 Å². The molecule has 5 heteroatoms. The summed E-state index contributed by atoms with van der Waals surface area (Å²) in [5.41, 5.74) is 1.16. The van der Waals surface area contributed by atoms with Crippen molar-refractivity contribution in [1.82, 2.24) is 0 Å². The number of fused-ring (bicyclic) bond motifs is 2. The molecule has 0 atom stereocenters. The molecule has 1 aromatic heterocycles. The lowest BCUT2D eigenvalue weighted by Crippen LogP contribution is -1.99. The van der Waals surface area contributed by atoms with Crippen molar-refractivity contribution in [2.45, 2.75) is 0 Å². The van der Waals surface area contributed by atoms with E-state index in [4.69, 9.17) is 21.1 Å². The van der Waals surface area contributed by atoms with Crippen molar-refractivity contribution in [3.8, 4) is 11.5 Å². The first-order valence-corrected chi connectivity index (χ1v) is 8.14. The first-order chi connectivity index (χ1) is 11.1. The van der Waals surface area contributed by atoms with E-state index in [1.807, 2.05) is 30.3 Å². The third-order valence-corrected chi connectivity index (χ3v) is 5.03. The van der Waals surface area contributed by atoms with Gasteiger partial charge in [-0.2, -0.15) is 0 Å². The molecule has 114 valence electrons. The average molecular weight is 343 g/mol. The molecule has 0 spiro atoms. The van der Waals surface area contributed by atoms with Crippen LogP contribution in [0.5, 0.6) is 11.5 Å². The van der Waals surface area contributed by atoms with Crippen LogP contribution in [-0.2, 0) is 0 Å². The topological polar surface area (TPSA) is 35.5 Å². The largest absolute Gasteiger partial charge is 0.454 e. The summed E-state index contributed by atoms with van der Waals surface area (Å²) in [6.07, 6.45) is 0. The maximum absolute atomic E-state index is 12.7. The molecule has 0 aliphatic carbocycles. The van der Waals surface area contributed by atoms with Gasteiger partial charge in [0.15, 0.2) is 11.5 Å². The molecule has 1 aliphatic rings. The molecule has 23 heavy (non-hydrogen) atoms. The summed E-state index contributed by atoms with van der Waals surface area (Å²) in [6, 6.07) is 12.9. The van der Waals surface area contributed by atoms with Gasteiger partial charge in [0, 0.05) is 15.3 Å². The number of allylic oxidation sites excluding steroid dienone is 1. The Morgan fingerprint density at radius 2 is 1.91 bits per heavy atom. The summed E-state index contributed by atoms with van der Waals surface area (Å²) in [5.74, 6) is 1.23. The molecule has 0 bridgehead atoms.